The van der Waals surface area contributed by atoms with Crippen molar-refractivity contribution in [2.45, 2.75) is 19.8 Å². The number of hydrogen-bond donors (Lipinski definition) is 1. The van der Waals surface area contributed by atoms with Crippen LogP contribution in [0, 0.1) is 0 Å². The molecule has 1 N–H and O–H groups in total. The minimum absolute atomic E-state index is 0. The third-order valence-corrected chi connectivity index (χ3v) is 0.756. The predicted octanol–water partition coefficient (Wildman–Crippen LogP) is 0.152. The molecule has 3 heteroatoms. The average molecular weight is 108 g/mol. The minimum Gasteiger partial charge on any atom is -0.359 e. The van der Waals surface area contributed by atoms with Crippen molar-refractivity contribution in [3.63, 3.8) is 0 Å². The van der Waals surface area contributed by atoms with Gasteiger partial charge in [-0.05, 0) is 6.42 Å². The van der Waals surface area contributed by atoms with Gasteiger partial charge in [0.1, 0.15) is 0 Å². The molecule has 0 saturated carbocycles. The molecule has 1 radical (unpaired) electrons. The largest absolute Gasteiger partial charge is 0.359 e. The van der Waals surface area contributed by atoms with E-state index in [2.05, 4.69) is 5.32 Å². The van der Waals surface area contributed by atoms with Crippen molar-refractivity contribution in [1.29, 1.82) is 0 Å². The van der Waals surface area contributed by atoms with E-state index in [-0.39, 0.29) is 24.8 Å². The molecule has 0 aromatic rings. The summed E-state index contributed by atoms with van der Waals surface area (Å²) in [6.07, 6.45) is 1.58. The summed E-state index contributed by atoms with van der Waals surface area (Å²) in [4.78, 5) is 10.3. The Morgan fingerprint density at radius 1 is 1.62 bits per heavy atom. The second-order valence-corrected chi connectivity index (χ2v) is 1.42. The number of carbonyl (C=O) groups excluding carboxylic acids is 1. The summed E-state index contributed by atoms with van der Waals surface area (Å²) in [7, 11) is 1.65. The fourth-order valence-electron chi connectivity index (χ4n) is 0.352. The Bertz CT molecular complexity index is 65.4. The number of nitrogens with one attached hydrogen (secondary N) is 1. The van der Waals surface area contributed by atoms with Crippen LogP contribution in [0.3, 0.4) is 0 Å². The van der Waals surface area contributed by atoms with Gasteiger partial charge in [0.2, 0.25) is 5.91 Å². The Morgan fingerprint density at radius 2 is 2.12 bits per heavy atom. The first kappa shape index (κ1) is 10.9. The molecule has 1 amide bonds. The molecule has 0 aromatic heterocycles. The molecule has 0 bridgehead atoms. The van der Waals surface area contributed by atoms with E-state index in [1.165, 1.54) is 0 Å². The van der Waals surface area contributed by atoms with Crippen LogP contribution in [0.4, 0.5) is 0 Å². The number of hydrogen-bond acceptors (Lipinski definition) is 1. The summed E-state index contributed by atoms with van der Waals surface area (Å²) in [5.74, 6) is 0.127. The van der Waals surface area contributed by atoms with E-state index in [0.29, 0.717) is 6.42 Å². The summed E-state index contributed by atoms with van der Waals surface area (Å²) in [6.45, 7) is 1.98. The predicted molar refractivity (Wildman–Crippen MR) is 34.7 cm³/mol. The summed E-state index contributed by atoms with van der Waals surface area (Å²) < 4.78 is 0. The van der Waals surface area contributed by atoms with Gasteiger partial charge in [-0.15, -0.1) is 0 Å². The van der Waals surface area contributed by atoms with Crippen molar-refractivity contribution in [3.05, 3.63) is 0 Å². The Hall–Kier alpha value is 0.0674. The summed E-state index contributed by atoms with van der Waals surface area (Å²) in [5.41, 5.74) is 0. The van der Waals surface area contributed by atoms with Gasteiger partial charge in [0.15, 0.2) is 0 Å². The minimum atomic E-state index is 0. The molecule has 2 nitrogen and oxygen atoms in total. The van der Waals surface area contributed by atoms with Crippen LogP contribution in [0.1, 0.15) is 19.8 Å². The zero-order chi connectivity index (χ0) is 5.70. The first-order chi connectivity index (χ1) is 3.31. The summed E-state index contributed by atoms with van der Waals surface area (Å²) in [5, 5.41) is 2.53. The van der Waals surface area contributed by atoms with Gasteiger partial charge in [0.05, 0.1) is 0 Å². The Morgan fingerprint density at radius 3 is 2.25 bits per heavy atom. The monoisotopic (exact) mass is 108 g/mol. The molecular weight excluding hydrogens is 97.0 g/mol. The van der Waals surface area contributed by atoms with E-state index < -0.39 is 0 Å². The van der Waals surface area contributed by atoms with E-state index in [0.717, 1.165) is 6.42 Å². The maximum Gasteiger partial charge on any atom is 0.219 e. The first-order valence-corrected chi connectivity index (χ1v) is 2.51. The molecule has 0 atom stereocenters. The van der Waals surface area contributed by atoms with Crippen molar-refractivity contribution in [3.8, 4) is 0 Å². The number of amides is 1. The van der Waals surface area contributed by atoms with E-state index in [4.69, 9.17) is 0 Å². The SMILES string of the molecule is CCCC(=O)NC.[Li]. The van der Waals surface area contributed by atoms with E-state index in [1.807, 2.05) is 6.92 Å². The molecule has 0 spiro atoms. The smallest absolute Gasteiger partial charge is 0.219 e. The average Bonchev–Trinajstić information content (AvgIpc) is 1.68. The van der Waals surface area contributed by atoms with Crippen LogP contribution in [0.15, 0.2) is 0 Å². The quantitative estimate of drug-likeness (QED) is 0.501. The van der Waals surface area contributed by atoms with Crippen molar-refractivity contribution >= 4 is 24.8 Å². The van der Waals surface area contributed by atoms with E-state index in [9.17, 15) is 4.79 Å². The first-order valence-electron chi connectivity index (χ1n) is 2.51. The second kappa shape index (κ2) is 7.07. The number of rotatable bonds is 2. The van der Waals surface area contributed by atoms with Crippen LogP contribution in [-0.4, -0.2) is 31.8 Å². The fraction of sp³-hybridized carbons (Fsp3) is 0.800. The standard InChI is InChI=1S/C5H11NO.Li/c1-3-4-5(7)6-2;/h3-4H2,1-2H3,(H,6,7);. The Kier molecular flexibility index (Phi) is 9.67. The van der Waals surface area contributed by atoms with Crippen LogP contribution < -0.4 is 5.32 Å². The van der Waals surface area contributed by atoms with Crippen molar-refractivity contribution in [2.75, 3.05) is 7.05 Å². The van der Waals surface area contributed by atoms with Crippen molar-refractivity contribution in [1.82, 2.24) is 5.32 Å². The van der Waals surface area contributed by atoms with Gasteiger partial charge in [-0.25, -0.2) is 0 Å². The molecule has 0 aromatic carbocycles. The molecule has 0 heterocycles. The molecule has 0 saturated heterocycles. The van der Waals surface area contributed by atoms with Gasteiger partial charge in [0, 0.05) is 32.3 Å². The molecule has 8 heavy (non-hydrogen) atoms. The molecule has 43 valence electrons. The maximum absolute atomic E-state index is 10.3. The zero-order valence-corrected chi connectivity index (χ0v) is 5.82. The van der Waals surface area contributed by atoms with Gasteiger partial charge in [0.25, 0.3) is 0 Å². The van der Waals surface area contributed by atoms with Crippen molar-refractivity contribution in [2.24, 2.45) is 0 Å². The summed E-state index contributed by atoms with van der Waals surface area (Å²) >= 11 is 0. The fourth-order valence-corrected chi connectivity index (χ4v) is 0.352. The Labute approximate surface area is 62.2 Å². The Balaban J connectivity index is 0. The van der Waals surface area contributed by atoms with Crippen LogP contribution in [0.5, 0.6) is 0 Å². The van der Waals surface area contributed by atoms with Gasteiger partial charge in [-0.2, -0.15) is 0 Å². The summed E-state index contributed by atoms with van der Waals surface area (Å²) in [6, 6.07) is 0. The molecule has 0 aliphatic heterocycles. The number of carbonyl (C=O) groups is 1. The molecule has 0 unspecified atom stereocenters. The second-order valence-electron chi connectivity index (χ2n) is 1.42. The molecule has 0 aliphatic carbocycles. The van der Waals surface area contributed by atoms with Gasteiger partial charge in [-0.3, -0.25) is 4.79 Å². The van der Waals surface area contributed by atoms with Gasteiger partial charge < -0.3 is 5.32 Å². The van der Waals surface area contributed by atoms with Crippen LogP contribution in [-0.2, 0) is 4.79 Å². The van der Waals surface area contributed by atoms with Crippen LogP contribution in [0.25, 0.3) is 0 Å². The molecule has 0 fully saturated rings. The zero-order valence-electron chi connectivity index (χ0n) is 5.82. The maximum atomic E-state index is 10.3. The van der Waals surface area contributed by atoms with Crippen LogP contribution in [0.2, 0.25) is 0 Å². The topological polar surface area (TPSA) is 29.1 Å². The molecular formula is C5H11LiNO. The molecule has 0 rings (SSSR count). The third kappa shape index (κ3) is 6.07. The molecule has 0 aliphatic rings. The van der Waals surface area contributed by atoms with Gasteiger partial charge >= 0.3 is 0 Å². The van der Waals surface area contributed by atoms with Crippen LogP contribution >= 0.6 is 0 Å². The van der Waals surface area contributed by atoms with E-state index >= 15 is 0 Å². The third-order valence-electron chi connectivity index (χ3n) is 0.756. The normalized spacial score (nSPS) is 7.25. The van der Waals surface area contributed by atoms with Crippen molar-refractivity contribution < 1.29 is 4.79 Å². The van der Waals surface area contributed by atoms with E-state index in [1.54, 1.807) is 7.05 Å². The van der Waals surface area contributed by atoms with Gasteiger partial charge in [-0.1, -0.05) is 6.92 Å².